The Bertz CT molecular complexity index is 1110. The Kier molecular flexibility index (Phi) is 5.54. The van der Waals surface area contributed by atoms with Crippen LogP contribution in [-0.2, 0) is 0 Å². The molecule has 0 saturated carbocycles. The van der Waals surface area contributed by atoms with Gasteiger partial charge in [-0.05, 0) is 24.3 Å². The van der Waals surface area contributed by atoms with Gasteiger partial charge >= 0.3 is 0 Å². The number of anilines is 2. The summed E-state index contributed by atoms with van der Waals surface area (Å²) in [5, 5.41) is 0. The molecule has 4 aromatic carbocycles. The molecule has 0 fully saturated rings. The maximum atomic E-state index is 6.36. The van der Waals surface area contributed by atoms with Crippen molar-refractivity contribution >= 4 is 11.4 Å². The van der Waals surface area contributed by atoms with Crippen molar-refractivity contribution in [2.24, 2.45) is 0 Å². The van der Waals surface area contributed by atoms with Gasteiger partial charge < -0.3 is 20.9 Å². The van der Waals surface area contributed by atoms with Gasteiger partial charge in [0.1, 0.15) is 11.5 Å². The van der Waals surface area contributed by atoms with Crippen LogP contribution in [0, 0.1) is 0 Å². The first-order valence-electron chi connectivity index (χ1n) is 10.2. The average molecular weight is 411 g/mol. The zero-order valence-electron chi connectivity index (χ0n) is 17.7. The van der Waals surface area contributed by atoms with E-state index < -0.39 is 5.79 Å². The predicted octanol–water partition coefficient (Wildman–Crippen LogP) is 6.38. The molecule has 0 bridgehead atoms. The molecule has 0 aromatic heterocycles. The Hall–Kier alpha value is -3.92. The van der Waals surface area contributed by atoms with E-state index in [1.54, 1.807) is 0 Å². The summed E-state index contributed by atoms with van der Waals surface area (Å²) in [7, 11) is 0. The van der Waals surface area contributed by atoms with E-state index >= 15 is 0 Å². The lowest BCUT2D eigenvalue weighted by molar-refractivity contribution is -0.0802. The number of nitrogen functional groups attached to an aromatic ring is 2. The molecule has 0 radical (unpaired) electrons. The highest BCUT2D eigenvalue weighted by atomic mass is 16.7. The second kappa shape index (κ2) is 8.44. The number of ether oxygens (including phenoxy) is 2. The highest BCUT2D eigenvalue weighted by Crippen LogP contribution is 2.38. The minimum Gasteiger partial charge on any atom is -0.452 e. The number of rotatable bonds is 6. The average Bonchev–Trinajstić information content (AvgIpc) is 2.75. The van der Waals surface area contributed by atoms with Crippen molar-refractivity contribution < 1.29 is 9.47 Å². The summed E-state index contributed by atoms with van der Waals surface area (Å²) in [5.41, 5.74) is 17.5. The molecule has 4 heteroatoms. The second-order valence-corrected chi connectivity index (χ2v) is 7.77. The van der Waals surface area contributed by atoms with Gasteiger partial charge in [-0.2, -0.15) is 0 Å². The first-order chi connectivity index (χ1) is 14.9. The quantitative estimate of drug-likeness (QED) is 0.286. The van der Waals surface area contributed by atoms with Crippen LogP contribution in [0.1, 0.15) is 13.8 Å². The number of hydrogen-bond acceptors (Lipinski definition) is 4. The molecule has 4 nitrogen and oxygen atoms in total. The monoisotopic (exact) mass is 410 g/mol. The van der Waals surface area contributed by atoms with Crippen molar-refractivity contribution in [2.75, 3.05) is 11.5 Å². The van der Waals surface area contributed by atoms with Crippen LogP contribution in [0.4, 0.5) is 11.4 Å². The summed E-state index contributed by atoms with van der Waals surface area (Å²) in [6, 6.07) is 31.2. The van der Waals surface area contributed by atoms with Crippen LogP contribution >= 0.6 is 0 Å². The van der Waals surface area contributed by atoms with E-state index in [4.69, 9.17) is 20.9 Å². The zero-order valence-corrected chi connectivity index (χ0v) is 17.7. The predicted molar refractivity (Wildman–Crippen MR) is 128 cm³/mol. The minimum absolute atomic E-state index is 0.696. The van der Waals surface area contributed by atoms with Crippen LogP contribution in [0.2, 0.25) is 0 Å². The summed E-state index contributed by atoms with van der Waals surface area (Å²) in [6.07, 6.45) is 0. The minimum atomic E-state index is -0.945. The number of hydrogen-bond donors (Lipinski definition) is 2. The molecule has 0 aliphatic carbocycles. The summed E-state index contributed by atoms with van der Waals surface area (Å²) in [6.45, 7) is 3.78. The van der Waals surface area contributed by atoms with Gasteiger partial charge in [-0.15, -0.1) is 0 Å². The molecule has 156 valence electrons. The fourth-order valence-corrected chi connectivity index (χ4v) is 3.59. The molecular formula is C27H26N2O2. The van der Waals surface area contributed by atoms with E-state index in [-0.39, 0.29) is 0 Å². The smallest absolute Gasteiger partial charge is 0.245 e. The van der Waals surface area contributed by atoms with Gasteiger partial charge in [0.25, 0.3) is 0 Å². The van der Waals surface area contributed by atoms with Crippen LogP contribution in [0.3, 0.4) is 0 Å². The fourth-order valence-electron chi connectivity index (χ4n) is 3.59. The van der Waals surface area contributed by atoms with E-state index in [0.29, 0.717) is 22.9 Å². The Labute approximate surface area is 183 Å². The van der Waals surface area contributed by atoms with Crippen molar-refractivity contribution in [3.63, 3.8) is 0 Å². The van der Waals surface area contributed by atoms with Crippen molar-refractivity contribution in [2.45, 2.75) is 19.6 Å². The Morgan fingerprint density at radius 3 is 1.19 bits per heavy atom. The van der Waals surface area contributed by atoms with E-state index in [1.807, 2.05) is 111 Å². The highest BCUT2D eigenvalue weighted by molar-refractivity contribution is 5.81. The van der Waals surface area contributed by atoms with Gasteiger partial charge in [0.2, 0.25) is 5.79 Å². The maximum Gasteiger partial charge on any atom is 0.245 e. The summed E-state index contributed by atoms with van der Waals surface area (Å²) < 4.78 is 12.7. The molecule has 0 atom stereocenters. The molecule has 0 unspecified atom stereocenters. The molecule has 4 rings (SSSR count). The van der Waals surface area contributed by atoms with Gasteiger partial charge in [-0.3, -0.25) is 0 Å². The first kappa shape index (κ1) is 20.4. The Morgan fingerprint density at radius 2 is 0.806 bits per heavy atom. The lowest BCUT2D eigenvalue weighted by atomic mass is 10.0. The second-order valence-electron chi connectivity index (χ2n) is 7.77. The molecular weight excluding hydrogens is 384 g/mol. The lowest BCUT2D eigenvalue weighted by Crippen LogP contribution is -2.35. The highest BCUT2D eigenvalue weighted by Gasteiger charge is 2.25. The van der Waals surface area contributed by atoms with E-state index in [1.165, 1.54) is 0 Å². The van der Waals surface area contributed by atoms with Crippen LogP contribution < -0.4 is 20.9 Å². The lowest BCUT2D eigenvalue weighted by Gasteiger charge is -2.30. The molecule has 0 heterocycles. The van der Waals surface area contributed by atoms with Crippen molar-refractivity contribution in [3.05, 3.63) is 97.1 Å². The van der Waals surface area contributed by atoms with Crippen molar-refractivity contribution in [3.8, 4) is 33.8 Å². The topological polar surface area (TPSA) is 70.5 Å². The van der Waals surface area contributed by atoms with Crippen molar-refractivity contribution in [1.29, 1.82) is 0 Å². The van der Waals surface area contributed by atoms with Gasteiger partial charge in [0, 0.05) is 47.5 Å². The summed E-state index contributed by atoms with van der Waals surface area (Å²) in [5.74, 6) is 0.448. The van der Waals surface area contributed by atoms with Gasteiger partial charge in [-0.25, -0.2) is 0 Å². The fraction of sp³-hybridized carbons (Fsp3) is 0.111. The van der Waals surface area contributed by atoms with Crippen molar-refractivity contribution in [1.82, 2.24) is 0 Å². The molecule has 0 aliphatic heterocycles. The van der Waals surface area contributed by atoms with E-state index in [2.05, 4.69) is 0 Å². The van der Waals surface area contributed by atoms with Crippen LogP contribution in [-0.4, -0.2) is 5.79 Å². The first-order valence-corrected chi connectivity index (χ1v) is 10.2. The van der Waals surface area contributed by atoms with Gasteiger partial charge in [0.05, 0.1) is 0 Å². The summed E-state index contributed by atoms with van der Waals surface area (Å²) in [4.78, 5) is 0. The van der Waals surface area contributed by atoms with Crippen LogP contribution in [0.15, 0.2) is 97.1 Å². The molecule has 0 amide bonds. The Balaban J connectivity index is 1.66. The third-order valence-corrected chi connectivity index (χ3v) is 4.99. The molecule has 0 saturated heterocycles. The summed E-state index contributed by atoms with van der Waals surface area (Å²) >= 11 is 0. The zero-order chi connectivity index (χ0) is 21.8. The molecule has 31 heavy (non-hydrogen) atoms. The number of benzene rings is 4. The molecule has 0 spiro atoms. The van der Waals surface area contributed by atoms with E-state index in [0.717, 1.165) is 22.3 Å². The maximum absolute atomic E-state index is 6.36. The number of nitrogens with two attached hydrogens (primary N) is 2. The van der Waals surface area contributed by atoms with E-state index in [9.17, 15) is 0 Å². The van der Waals surface area contributed by atoms with Crippen LogP contribution in [0.5, 0.6) is 11.5 Å². The van der Waals surface area contributed by atoms with Gasteiger partial charge in [-0.1, -0.05) is 72.8 Å². The standard InChI is InChI=1S/C27H26N2O2/c1-27(2,30-25-17-9-5-13-21(25)19-11-3-7-15-23(19)28)31-26-18-10-6-14-22(26)20-12-4-8-16-24(20)29/h3-18H,28-29H2,1-2H3. The largest absolute Gasteiger partial charge is 0.452 e. The SMILES string of the molecule is CC(C)(Oc1ccccc1-c1ccccc1N)Oc1ccccc1-c1ccccc1N. The molecule has 4 N–H and O–H groups in total. The Morgan fingerprint density at radius 1 is 0.484 bits per heavy atom. The van der Waals surface area contributed by atoms with Crippen LogP contribution in [0.25, 0.3) is 22.3 Å². The molecule has 4 aromatic rings. The molecule has 0 aliphatic rings. The normalized spacial score (nSPS) is 11.2. The third kappa shape index (κ3) is 4.48. The van der Waals surface area contributed by atoms with Gasteiger partial charge in [0.15, 0.2) is 0 Å². The number of para-hydroxylation sites is 4. The third-order valence-electron chi connectivity index (χ3n) is 4.99.